The van der Waals surface area contributed by atoms with Crippen molar-refractivity contribution in [1.29, 1.82) is 0 Å². The normalized spacial score (nSPS) is 14.2. The van der Waals surface area contributed by atoms with Gasteiger partial charge in [-0.2, -0.15) is 0 Å². The molecule has 1 aliphatic rings. The van der Waals surface area contributed by atoms with E-state index in [1.54, 1.807) is 40.7 Å². The van der Waals surface area contributed by atoms with E-state index in [1.165, 1.54) is 23.1 Å². The number of ether oxygens (including phenoxy) is 2. The van der Waals surface area contributed by atoms with Crippen LogP contribution in [-0.4, -0.2) is 58.5 Å². The van der Waals surface area contributed by atoms with Gasteiger partial charge in [-0.15, -0.1) is 11.3 Å². The molecule has 3 heterocycles. The van der Waals surface area contributed by atoms with Gasteiger partial charge in [0.25, 0.3) is 5.56 Å². The maximum atomic E-state index is 13.4. The molecular formula is C24H28N4O5S2. The standard InChI is InChI=1S/C24H28N4O5S2/c1-3-32-18-7-5-16(6-8-18)25-20(29)15-35-23-26-19-11-14-34-21(19)22(30)28(23)17-9-12-27(13-10-17)24(31)33-4-2/h5-8,11,14,17H,3-4,9-10,12-13,15H2,1-2H3,(H,25,29). The van der Waals surface area contributed by atoms with Crippen LogP contribution < -0.4 is 15.6 Å². The fourth-order valence-electron chi connectivity index (χ4n) is 3.98. The number of thiophene rings is 1. The molecule has 2 amide bonds. The maximum Gasteiger partial charge on any atom is 0.409 e. The number of amides is 2. The van der Waals surface area contributed by atoms with Crippen molar-refractivity contribution in [1.82, 2.24) is 14.5 Å². The Morgan fingerprint density at radius 3 is 2.57 bits per heavy atom. The molecule has 35 heavy (non-hydrogen) atoms. The van der Waals surface area contributed by atoms with E-state index in [2.05, 4.69) is 5.32 Å². The summed E-state index contributed by atoms with van der Waals surface area (Å²) in [5.41, 5.74) is 1.20. The van der Waals surface area contributed by atoms with Gasteiger partial charge < -0.3 is 19.7 Å². The molecule has 4 rings (SSSR count). The van der Waals surface area contributed by atoms with Gasteiger partial charge in [-0.25, -0.2) is 9.78 Å². The lowest BCUT2D eigenvalue weighted by Crippen LogP contribution is -2.41. The molecule has 9 nitrogen and oxygen atoms in total. The molecule has 0 spiro atoms. The van der Waals surface area contributed by atoms with Crippen LogP contribution in [0.1, 0.15) is 32.7 Å². The molecule has 0 bridgehead atoms. The zero-order valence-electron chi connectivity index (χ0n) is 19.7. The van der Waals surface area contributed by atoms with Gasteiger partial charge >= 0.3 is 6.09 Å². The minimum atomic E-state index is -0.328. The minimum Gasteiger partial charge on any atom is -0.494 e. The number of hydrogen-bond acceptors (Lipinski definition) is 8. The Kier molecular flexibility index (Phi) is 8.29. The van der Waals surface area contributed by atoms with Gasteiger partial charge in [-0.05, 0) is 62.4 Å². The van der Waals surface area contributed by atoms with Crippen molar-refractivity contribution in [2.75, 3.05) is 37.4 Å². The van der Waals surface area contributed by atoms with Crippen LogP contribution in [0.15, 0.2) is 45.7 Å². The monoisotopic (exact) mass is 516 g/mol. The van der Waals surface area contributed by atoms with E-state index in [-0.39, 0.29) is 29.4 Å². The van der Waals surface area contributed by atoms with E-state index in [0.29, 0.717) is 60.2 Å². The topological polar surface area (TPSA) is 103 Å². The van der Waals surface area contributed by atoms with Gasteiger partial charge in [-0.3, -0.25) is 14.2 Å². The number of benzene rings is 1. The van der Waals surface area contributed by atoms with Crippen LogP contribution in [0.2, 0.25) is 0 Å². The first-order valence-electron chi connectivity index (χ1n) is 11.6. The number of piperidine rings is 1. The summed E-state index contributed by atoms with van der Waals surface area (Å²) in [6, 6.07) is 8.90. The summed E-state index contributed by atoms with van der Waals surface area (Å²) in [5, 5.41) is 5.23. The molecule has 3 aromatic rings. The number of fused-ring (bicyclic) bond motifs is 1. The summed E-state index contributed by atoms with van der Waals surface area (Å²) in [7, 11) is 0. The smallest absolute Gasteiger partial charge is 0.409 e. The van der Waals surface area contributed by atoms with Gasteiger partial charge in [0.15, 0.2) is 5.16 Å². The predicted molar refractivity (Wildman–Crippen MR) is 138 cm³/mol. The third kappa shape index (κ3) is 5.96. The summed E-state index contributed by atoms with van der Waals surface area (Å²) < 4.78 is 12.8. The van der Waals surface area contributed by atoms with Gasteiger partial charge in [0.2, 0.25) is 5.91 Å². The summed E-state index contributed by atoms with van der Waals surface area (Å²) in [4.78, 5) is 44.4. The lowest BCUT2D eigenvalue weighted by Gasteiger charge is -2.32. The summed E-state index contributed by atoms with van der Waals surface area (Å²) in [6.45, 7) is 5.60. The number of nitrogens with zero attached hydrogens (tertiary/aromatic N) is 3. The van der Waals surface area contributed by atoms with E-state index in [1.807, 2.05) is 18.4 Å². The van der Waals surface area contributed by atoms with Crippen LogP contribution in [0.25, 0.3) is 10.2 Å². The summed E-state index contributed by atoms with van der Waals surface area (Å²) in [5.74, 6) is 0.658. The number of thioether (sulfide) groups is 1. The molecule has 2 aromatic heterocycles. The number of carbonyl (C=O) groups is 2. The molecule has 1 aromatic carbocycles. The highest BCUT2D eigenvalue weighted by Crippen LogP contribution is 2.29. The molecule has 0 saturated carbocycles. The zero-order chi connectivity index (χ0) is 24.8. The fourth-order valence-corrected chi connectivity index (χ4v) is 5.61. The van der Waals surface area contributed by atoms with Crippen LogP contribution >= 0.6 is 23.1 Å². The van der Waals surface area contributed by atoms with Gasteiger partial charge in [0.1, 0.15) is 10.4 Å². The molecule has 1 fully saturated rings. The van der Waals surface area contributed by atoms with E-state index in [0.717, 1.165) is 5.75 Å². The quantitative estimate of drug-likeness (QED) is 0.350. The average molecular weight is 517 g/mol. The number of likely N-dealkylation sites (tertiary alicyclic amines) is 1. The Bertz CT molecular complexity index is 1230. The highest BCUT2D eigenvalue weighted by Gasteiger charge is 2.28. The zero-order valence-corrected chi connectivity index (χ0v) is 21.3. The van der Waals surface area contributed by atoms with Crippen molar-refractivity contribution in [3.8, 4) is 5.75 Å². The van der Waals surface area contributed by atoms with Gasteiger partial charge in [-0.1, -0.05) is 11.8 Å². The second kappa shape index (κ2) is 11.6. The summed E-state index contributed by atoms with van der Waals surface area (Å²) >= 11 is 2.61. The van der Waals surface area contributed by atoms with Crippen molar-refractivity contribution in [2.24, 2.45) is 0 Å². The second-order valence-corrected chi connectivity index (χ2v) is 9.77. The number of hydrogen-bond donors (Lipinski definition) is 1. The van der Waals surface area contributed by atoms with E-state index >= 15 is 0 Å². The van der Waals surface area contributed by atoms with Crippen molar-refractivity contribution in [3.05, 3.63) is 46.1 Å². The minimum absolute atomic E-state index is 0.103. The highest BCUT2D eigenvalue weighted by atomic mass is 32.2. The molecular weight excluding hydrogens is 488 g/mol. The van der Waals surface area contributed by atoms with Crippen LogP contribution in [-0.2, 0) is 9.53 Å². The number of anilines is 1. The molecule has 11 heteroatoms. The first-order chi connectivity index (χ1) is 17.0. The number of nitrogens with one attached hydrogen (secondary N) is 1. The molecule has 0 unspecified atom stereocenters. The Morgan fingerprint density at radius 2 is 1.89 bits per heavy atom. The molecule has 186 valence electrons. The van der Waals surface area contributed by atoms with Crippen LogP contribution in [0, 0.1) is 0 Å². The van der Waals surface area contributed by atoms with E-state index in [9.17, 15) is 14.4 Å². The van der Waals surface area contributed by atoms with E-state index < -0.39 is 0 Å². The van der Waals surface area contributed by atoms with E-state index in [4.69, 9.17) is 14.5 Å². The Balaban J connectivity index is 1.47. The lowest BCUT2D eigenvalue weighted by atomic mass is 10.1. The number of aromatic nitrogens is 2. The SMILES string of the molecule is CCOC(=O)N1CCC(n2c(SCC(=O)Nc3ccc(OCC)cc3)nc3ccsc3c2=O)CC1. The van der Waals surface area contributed by atoms with Crippen molar-refractivity contribution >= 4 is 51.0 Å². The average Bonchev–Trinajstić information content (AvgIpc) is 3.34. The Morgan fingerprint density at radius 1 is 1.14 bits per heavy atom. The molecule has 1 saturated heterocycles. The molecule has 0 atom stereocenters. The largest absolute Gasteiger partial charge is 0.494 e. The van der Waals surface area contributed by atoms with Gasteiger partial charge in [0.05, 0.1) is 24.5 Å². The fraction of sp³-hybridized carbons (Fsp3) is 0.417. The third-order valence-electron chi connectivity index (χ3n) is 5.62. The number of carbonyl (C=O) groups excluding carboxylic acids is 2. The van der Waals surface area contributed by atoms with Crippen molar-refractivity contribution in [3.63, 3.8) is 0 Å². The first kappa shape index (κ1) is 25.1. The predicted octanol–water partition coefficient (Wildman–Crippen LogP) is 4.38. The Hall–Kier alpha value is -3.05. The van der Waals surface area contributed by atoms with Crippen LogP contribution in [0.3, 0.4) is 0 Å². The maximum absolute atomic E-state index is 13.4. The summed E-state index contributed by atoms with van der Waals surface area (Å²) in [6.07, 6.45) is 0.901. The van der Waals surface area contributed by atoms with Crippen LogP contribution in [0.5, 0.6) is 5.75 Å². The Labute approximate surface area is 211 Å². The highest BCUT2D eigenvalue weighted by molar-refractivity contribution is 7.99. The lowest BCUT2D eigenvalue weighted by molar-refractivity contribution is -0.113. The molecule has 0 aliphatic carbocycles. The molecule has 1 N–H and O–H groups in total. The van der Waals surface area contributed by atoms with Gasteiger partial charge in [0, 0.05) is 24.8 Å². The van der Waals surface area contributed by atoms with Crippen molar-refractivity contribution < 1.29 is 19.1 Å². The third-order valence-corrected chi connectivity index (χ3v) is 7.46. The van der Waals surface area contributed by atoms with Crippen molar-refractivity contribution in [2.45, 2.75) is 37.9 Å². The second-order valence-electron chi connectivity index (χ2n) is 7.92. The van der Waals surface area contributed by atoms with Crippen LogP contribution in [0.4, 0.5) is 10.5 Å². The molecule has 1 aliphatic heterocycles. The molecule has 0 radical (unpaired) electrons. The first-order valence-corrected chi connectivity index (χ1v) is 13.4. The number of rotatable bonds is 8.